The Morgan fingerprint density at radius 3 is 2.48 bits per heavy atom. The standard InChI is InChI=1S/C16H16BrNO3/c1-10-8-11(4-7-14(10)17)18-16(19)13-6-5-12(20-2)9-15(13)21-3/h4-9H,1-3H3,(H,18,19). The molecule has 0 aromatic heterocycles. The van der Waals surface area contributed by atoms with Crippen LogP contribution in [-0.2, 0) is 0 Å². The molecular weight excluding hydrogens is 334 g/mol. The van der Waals surface area contributed by atoms with E-state index >= 15 is 0 Å². The first-order valence-electron chi connectivity index (χ1n) is 6.34. The number of hydrogen-bond acceptors (Lipinski definition) is 3. The number of ether oxygens (including phenoxy) is 2. The summed E-state index contributed by atoms with van der Waals surface area (Å²) < 4.78 is 11.4. The molecule has 0 aliphatic rings. The first-order chi connectivity index (χ1) is 10.0. The summed E-state index contributed by atoms with van der Waals surface area (Å²) in [4.78, 5) is 12.3. The average molecular weight is 350 g/mol. The van der Waals surface area contributed by atoms with Crippen molar-refractivity contribution < 1.29 is 14.3 Å². The van der Waals surface area contributed by atoms with Gasteiger partial charge >= 0.3 is 0 Å². The predicted molar refractivity (Wildman–Crippen MR) is 86.4 cm³/mol. The van der Waals surface area contributed by atoms with Crippen molar-refractivity contribution in [2.45, 2.75) is 6.92 Å². The van der Waals surface area contributed by atoms with Gasteiger partial charge in [0.15, 0.2) is 0 Å². The van der Waals surface area contributed by atoms with Crippen LogP contribution >= 0.6 is 15.9 Å². The molecule has 0 fully saturated rings. The fourth-order valence-electron chi connectivity index (χ4n) is 1.91. The largest absolute Gasteiger partial charge is 0.497 e. The molecule has 0 radical (unpaired) electrons. The van der Waals surface area contributed by atoms with Crippen LogP contribution < -0.4 is 14.8 Å². The molecule has 0 aliphatic heterocycles. The van der Waals surface area contributed by atoms with Gasteiger partial charge in [-0.2, -0.15) is 0 Å². The molecule has 5 heteroatoms. The van der Waals surface area contributed by atoms with Gasteiger partial charge in [-0.1, -0.05) is 15.9 Å². The van der Waals surface area contributed by atoms with Crippen molar-refractivity contribution in [1.82, 2.24) is 0 Å². The van der Waals surface area contributed by atoms with Crippen molar-refractivity contribution in [2.24, 2.45) is 0 Å². The summed E-state index contributed by atoms with van der Waals surface area (Å²) in [5.41, 5.74) is 2.24. The second-order valence-corrected chi connectivity index (χ2v) is 5.34. The molecule has 2 aromatic rings. The summed E-state index contributed by atoms with van der Waals surface area (Å²) in [6.07, 6.45) is 0. The van der Waals surface area contributed by atoms with Gasteiger partial charge in [0.05, 0.1) is 19.8 Å². The number of anilines is 1. The third-order valence-electron chi connectivity index (χ3n) is 3.07. The van der Waals surface area contributed by atoms with Gasteiger partial charge in [-0.15, -0.1) is 0 Å². The van der Waals surface area contributed by atoms with Gasteiger partial charge in [0.25, 0.3) is 5.91 Å². The van der Waals surface area contributed by atoms with Gasteiger partial charge in [0.1, 0.15) is 11.5 Å². The van der Waals surface area contributed by atoms with E-state index in [4.69, 9.17) is 9.47 Å². The van der Waals surface area contributed by atoms with Crippen LogP contribution in [0.4, 0.5) is 5.69 Å². The molecule has 0 saturated heterocycles. The van der Waals surface area contributed by atoms with Crippen molar-refractivity contribution in [3.8, 4) is 11.5 Å². The van der Waals surface area contributed by atoms with Crippen molar-refractivity contribution in [3.05, 3.63) is 52.0 Å². The van der Waals surface area contributed by atoms with Crippen molar-refractivity contribution >= 4 is 27.5 Å². The highest BCUT2D eigenvalue weighted by molar-refractivity contribution is 9.10. The molecule has 1 N–H and O–H groups in total. The van der Waals surface area contributed by atoms with Crippen LogP contribution in [0.3, 0.4) is 0 Å². The van der Waals surface area contributed by atoms with Crippen molar-refractivity contribution in [1.29, 1.82) is 0 Å². The van der Waals surface area contributed by atoms with Crippen molar-refractivity contribution in [3.63, 3.8) is 0 Å². The molecule has 2 rings (SSSR count). The Labute approximate surface area is 132 Å². The lowest BCUT2D eigenvalue weighted by atomic mass is 10.1. The smallest absolute Gasteiger partial charge is 0.259 e. The second kappa shape index (κ2) is 6.63. The average Bonchev–Trinajstić information content (AvgIpc) is 2.50. The fraction of sp³-hybridized carbons (Fsp3) is 0.188. The molecule has 0 saturated carbocycles. The number of hydrogen-bond donors (Lipinski definition) is 1. The molecule has 0 spiro atoms. The van der Waals surface area contributed by atoms with E-state index in [9.17, 15) is 4.79 Å². The van der Waals surface area contributed by atoms with Crippen LogP contribution in [-0.4, -0.2) is 20.1 Å². The molecule has 0 aliphatic carbocycles. The number of carbonyl (C=O) groups excluding carboxylic acids is 1. The van der Waals surface area contributed by atoms with Gasteiger partial charge in [-0.05, 0) is 42.8 Å². The fourth-order valence-corrected chi connectivity index (χ4v) is 2.15. The number of rotatable bonds is 4. The van der Waals surface area contributed by atoms with Crippen LogP contribution in [0.2, 0.25) is 0 Å². The lowest BCUT2D eigenvalue weighted by Crippen LogP contribution is -2.13. The van der Waals surface area contributed by atoms with Gasteiger partial charge in [-0.3, -0.25) is 4.79 Å². The van der Waals surface area contributed by atoms with E-state index in [-0.39, 0.29) is 5.91 Å². The zero-order chi connectivity index (χ0) is 15.4. The molecule has 0 heterocycles. The third-order valence-corrected chi connectivity index (χ3v) is 3.96. The number of methoxy groups -OCH3 is 2. The summed E-state index contributed by atoms with van der Waals surface area (Å²) >= 11 is 3.43. The lowest BCUT2D eigenvalue weighted by molar-refractivity contribution is 0.102. The molecule has 2 aromatic carbocycles. The maximum absolute atomic E-state index is 12.3. The molecule has 110 valence electrons. The Hall–Kier alpha value is -2.01. The number of carbonyl (C=O) groups is 1. The summed E-state index contributed by atoms with van der Waals surface area (Å²) in [6.45, 7) is 1.97. The van der Waals surface area contributed by atoms with Gasteiger partial charge < -0.3 is 14.8 Å². The minimum atomic E-state index is -0.226. The Kier molecular flexibility index (Phi) is 4.85. The maximum atomic E-state index is 12.3. The Balaban J connectivity index is 2.25. The normalized spacial score (nSPS) is 10.1. The molecule has 4 nitrogen and oxygen atoms in total. The van der Waals surface area contributed by atoms with Crippen LogP contribution in [0, 0.1) is 6.92 Å². The zero-order valence-electron chi connectivity index (χ0n) is 12.1. The number of halogens is 1. The number of aryl methyl sites for hydroxylation is 1. The van der Waals surface area contributed by atoms with Gasteiger partial charge in [0, 0.05) is 16.2 Å². The summed E-state index contributed by atoms with van der Waals surface area (Å²) in [5, 5.41) is 2.86. The van der Waals surface area contributed by atoms with E-state index in [0.717, 1.165) is 15.7 Å². The Morgan fingerprint density at radius 2 is 1.86 bits per heavy atom. The summed E-state index contributed by atoms with van der Waals surface area (Å²) in [5.74, 6) is 0.889. The first-order valence-corrected chi connectivity index (χ1v) is 7.14. The topological polar surface area (TPSA) is 47.6 Å². The van der Waals surface area contributed by atoms with E-state index in [1.165, 1.54) is 7.11 Å². The third kappa shape index (κ3) is 3.55. The first kappa shape index (κ1) is 15.4. The van der Waals surface area contributed by atoms with E-state index in [1.54, 1.807) is 25.3 Å². The highest BCUT2D eigenvalue weighted by Crippen LogP contribution is 2.26. The van der Waals surface area contributed by atoms with E-state index < -0.39 is 0 Å². The SMILES string of the molecule is COc1ccc(C(=O)Nc2ccc(Br)c(C)c2)c(OC)c1. The highest BCUT2D eigenvalue weighted by atomic mass is 79.9. The summed E-state index contributed by atoms with van der Waals surface area (Å²) in [7, 11) is 3.09. The summed E-state index contributed by atoms with van der Waals surface area (Å²) in [6, 6.07) is 10.7. The van der Waals surface area contributed by atoms with E-state index in [1.807, 2.05) is 25.1 Å². The molecule has 1 amide bonds. The molecule has 21 heavy (non-hydrogen) atoms. The Bertz CT molecular complexity index is 671. The lowest BCUT2D eigenvalue weighted by Gasteiger charge is -2.11. The second-order valence-electron chi connectivity index (χ2n) is 4.48. The number of nitrogens with one attached hydrogen (secondary N) is 1. The number of amides is 1. The molecular formula is C16H16BrNO3. The maximum Gasteiger partial charge on any atom is 0.259 e. The van der Waals surface area contributed by atoms with Gasteiger partial charge in [0.2, 0.25) is 0 Å². The van der Waals surface area contributed by atoms with Crippen LogP contribution in [0.5, 0.6) is 11.5 Å². The van der Waals surface area contributed by atoms with Crippen LogP contribution in [0.1, 0.15) is 15.9 Å². The Morgan fingerprint density at radius 1 is 1.10 bits per heavy atom. The van der Waals surface area contributed by atoms with Crippen molar-refractivity contribution in [2.75, 3.05) is 19.5 Å². The number of benzene rings is 2. The molecule has 0 bridgehead atoms. The van der Waals surface area contributed by atoms with Crippen LogP contribution in [0.15, 0.2) is 40.9 Å². The highest BCUT2D eigenvalue weighted by Gasteiger charge is 2.13. The van der Waals surface area contributed by atoms with E-state index in [0.29, 0.717) is 17.1 Å². The van der Waals surface area contributed by atoms with Gasteiger partial charge in [-0.25, -0.2) is 0 Å². The molecule has 0 atom stereocenters. The molecule has 0 unspecified atom stereocenters. The van der Waals surface area contributed by atoms with Crippen LogP contribution in [0.25, 0.3) is 0 Å². The minimum Gasteiger partial charge on any atom is -0.497 e. The van der Waals surface area contributed by atoms with E-state index in [2.05, 4.69) is 21.2 Å². The quantitative estimate of drug-likeness (QED) is 0.906. The zero-order valence-corrected chi connectivity index (χ0v) is 13.7. The predicted octanol–water partition coefficient (Wildman–Crippen LogP) is 4.03. The minimum absolute atomic E-state index is 0.226. The monoisotopic (exact) mass is 349 g/mol.